The normalized spacial score (nSPS) is 35.0. The van der Waals surface area contributed by atoms with E-state index in [1.165, 1.54) is 6.42 Å². The van der Waals surface area contributed by atoms with Gasteiger partial charge in [-0.1, -0.05) is 12.8 Å². The van der Waals surface area contributed by atoms with Crippen LogP contribution in [0.1, 0.15) is 25.7 Å². The SMILES string of the molecule is NC1=NC2CCCCC2C(=O)N1. The van der Waals surface area contributed by atoms with Gasteiger partial charge in [-0.05, 0) is 12.8 Å². The molecule has 3 N–H and O–H groups in total. The molecule has 0 aromatic rings. The van der Waals surface area contributed by atoms with Crippen molar-refractivity contribution in [2.24, 2.45) is 16.6 Å². The topological polar surface area (TPSA) is 67.5 Å². The molecule has 12 heavy (non-hydrogen) atoms. The molecular weight excluding hydrogens is 154 g/mol. The molecule has 66 valence electrons. The number of guanidine groups is 1. The fraction of sp³-hybridized carbons (Fsp3) is 0.750. The van der Waals surface area contributed by atoms with Crippen molar-refractivity contribution in [2.75, 3.05) is 0 Å². The number of fused-ring (bicyclic) bond motifs is 1. The van der Waals surface area contributed by atoms with Crippen molar-refractivity contribution in [3.63, 3.8) is 0 Å². The molecule has 0 aromatic heterocycles. The third-order valence-corrected chi connectivity index (χ3v) is 2.62. The van der Waals surface area contributed by atoms with E-state index >= 15 is 0 Å². The van der Waals surface area contributed by atoms with Crippen LogP contribution >= 0.6 is 0 Å². The fourth-order valence-electron chi connectivity index (χ4n) is 2.00. The van der Waals surface area contributed by atoms with Crippen molar-refractivity contribution in [3.8, 4) is 0 Å². The number of nitrogens with zero attached hydrogens (tertiary/aromatic N) is 1. The summed E-state index contributed by atoms with van der Waals surface area (Å²) in [5, 5.41) is 2.57. The first-order valence-electron chi connectivity index (χ1n) is 4.41. The van der Waals surface area contributed by atoms with Crippen LogP contribution in [0.3, 0.4) is 0 Å². The maximum Gasteiger partial charge on any atom is 0.231 e. The minimum Gasteiger partial charge on any atom is -0.370 e. The average Bonchev–Trinajstić information content (AvgIpc) is 2.04. The monoisotopic (exact) mass is 167 g/mol. The largest absolute Gasteiger partial charge is 0.370 e. The minimum atomic E-state index is 0.0622. The highest BCUT2D eigenvalue weighted by Gasteiger charge is 2.33. The summed E-state index contributed by atoms with van der Waals surface area (Å²) < 4.78 is 0. The zero-order valence-corrected chi connectivity index (χ0v) is 6.92. The van der Waals surface area contributed by atoms with Crippen molar-refractivity contribution in [2.45, 2.75) is 31.7 Å². The maximum absolute atomic E-state index is 11.4. The third kappa shape index (κ3) is 1.17. The summed E-state index contributed by atoms with van der Waals surface area (Å²) in [4.78, 5) is 15.6. The van der Waals surface area contributed by atoms with Crippen molar-refractivity contribution in [1.82, 2.24) is 5.32 Å². The molecule has 1 saturated carbocycles. The molecule has 0 bridgehead atoms. The second-order valence-electron chi connectivity index (χ2n) is 3.46. The van der Waals surface area contributed by atoms with Gasteiger partial charge >= 0.3 is 0 Å². The lowest BCUT2D eigenvalue weighted by atomic mass is 9.83. The smallest absolute Gasteiger partial charge is 0.231 e. The quantitative estimate of drug-likeness (QED) is 0.533. The van der Waals surface area contributed by atoms with Crippen molar-refractivity contribution >= 4 is 11.9 Å². The minimum absolute atomic E-state index is 0.0622. The summed E-state index contributed by atoms with van der Waals surface area (Å²) >= 11 is 0. The molecule has 4 heteroatoms. The van der Waals surface area contributed by atoms with Gasteiger partial charge in [-0.2, -0.15) is 0 Å². The Morgan fingerprint density at radius 2 is 2.17 bits per heavy atom. The van der Waals surface area contributed by atoms with E-state index in [9.17, 15) is 4.79 Å². The lowest BCUT2D eigenvalue weighted by molar-refractivity contribution is -0.125. The second kappa shape index (κ2) is 2.77. The zero-order valence-electron chi connectivity index (χ0n) is 6.92. The van der Waals surface area contributed by atoms with E-state index < -0.39 is 0 Å². The van der Waals surface area contributed by atoms with Crippen molar-refractivity contribution in [1.29, 1.82) is 0 Å². The van der Waals surface area contributed by atoms with Crippen molar-refractivity contribution < 1.29 is 4.79 Å². The predicted molar refractivity (Wildman–Crippen MR) is 45.5 cm³/mol. The molecule has 2 atom stereocenters. The van der Waals surface area contributed by atoms with Crippen molar-refractivity contribution in [3.05, 3.63) is 0 Å². The Bertz CT molecular complexity index is 236. The number of amides is 1. The van der Waals surface area contributed by atoms with Crippen LogP contribution < -0.4 is 11.1 Å². The molecule has 1 fully saturated rings. The molecule has 0 spiro atoms. The first kappa shape index (κ1) is 7.58. The molecule has 0 radical (unpaired) electrons. The van der Waals surface area contributed by atoms with Gasteiger partial charge < -0.3 is 5.73 Å². The van der Waals surface area contributed by atoms with Gasteiger partial charge in [-0.3, -0.25) is 10.1 Å². The summed E-state index contributed by atoms with van der Waals surface area (Å²) in [6.07, 6.45) is 4.29. The fourth-order valence-corrected chi connectivity index (χ4v) is 2.00. The Morgan fingerprint density at radius 3 is 3.00 bits per heavy atom. The predicted octanol–water partition coefficient (Wildman–Crippen LogP) is -0.0103. The van der Waals surface area contributed by atoms with E-state index in [4.69, 9.17) is 5.73 Å². The Hall–Kier alpha value is -1.06. The van der Waals surface area contributed by atoms with E-state index in [0.717, 1.165) is 19.3 Å². The molecule has 0 saturated heterocycles. The third-order valence-electron chi connectivity index (χ3n) is 2.62. The Balaban J connectivity index is 2.19. The number of carbonyl (C=O) groups is 1. The zero-order chi connectivity index (χ0) is 8.55. The average molecular weight is 167 g/mol. The molecule has 1 heterocycles. The highest BCUT2D eigenvalue weighted by atomic mass is 16.2. The highest BCUT2D eigenvalue weighted by Crippen LogP contribution is 2.28. The van der Waals surface area contributed by atoms with Crippen LogP contribution in [0.5, 0.6) is 0 Å². The molecule has 4 nitrogen and oxygen atoms in total. The van der Waals surface area contributed by atoms with Gasteiger partial charge in [0, 0.05) is 0 Å². The lowest BCUT2D eigenvalue weighted by Gasteiger charge is -2.31. The van der Waals surface area contributed by atoms with Gasteiger partial charge in [-0.15, -0.1) is 0 Å². The van der Waals surface area contributed by atoms with Crippen LogP contribution in [-0.2, 0) is 4.79 Å². The standard InChI is InChI=1S/C8H13N3O/c9-8-10-6-4-2-1-3-5(6)7(12)11-8/h5-6H,1-4H2,(H3,9,10,11,12). The summed E-state index contributed by atoms with van der Waals surface area (Å²) in [6, 6.07) is 0.160. The summed E-state index contributed by atoms with van der Waals surface area (Å²) in [5.41, 5.74) is 5.45. The highest BCUT2D eigenvalue weighted by molar-refractivity contribution is 5.99. The number of aliphatic imine (C=N–C) groups is 1. The van der Waals surface area contributed by atoms with Gasteiger partial charge in [0.1, 0.15) is 0 Å². The second-order valence-corrected chi connectivity index (χ2v) is 3.46. The number of nitrogens with two attached hydrogens (primary N) is 1. The summed E-state index contributed by atoms with van der Waals surface area (Å²) in [5.74, 6) is 0.446. The van der Waals surface area contributed by atoms with Crippen LogP contribution in [0.2, 0.25) is 0 Å². The first-order valence-corrected chi connectivity index (χ1v) is 4.41. The van der Waals surface area contributed by atoms with Gasteiger partial charge in [0.25, 0.3) is 0 Å². The van der Waals surface area contributed by atoms with Gasteiger partial charge in [0.15, 0.2) is 5.96 Å². The van der Waals surface area contributed by atoms with E-state index in [0.29, 0.717) is 5.96 Å². The Labute approximate surface area is 71.2 Å². The van der Waals surface area contributed by atoms with Gasteiger partial charge in [-0.25, -0.2) is 4.99 Å². The lowest BCUT2D eigenvalue weighted by Crippen LogP contribution is -2.50. The summed E-state index contributed by atoms with van der Waals surface area (Å²) in [6.45, 7) is 0. The van der Waals surface area contributed by atoms with E-state index in [1.807, 2.05) is 0 Å². The number of nitrogens with one attached hydrogen (secondary N) is 1. The number of hydrogen-bond acceptors (Lipinski definition) is 3. The van der Waals surface area contributed by atoms with Crippen LogP contribution in [0.25, 0.3) is 0 Å². The van der Waals surface area contributed by atoms with Gasteiger partial charge in [0.2, 0.25) is 5.91 Å². The molecule has 1 amide bonds. The molecule has 2 rings (SSSR count). The molecule has 2 unspecified atom stereocenters. The summed E-state index contributed by atoms with van der Waals surface area (Å²) in [7, 11) is 0. The van der Waals surface area contributed by atoms with Crippen LogP contribution in [0.15, 0.2) is 4.99 Å². The molecule has 0 aromatic carbocycles. The Morgan fingerprint density at radius 1 is 1.42 bits per heavy atom. The van der Waals surface area contributed by atoms with Crippen LogP contribution in [0.4, 0.5) is 0 Å². The molecular formula is C8H13N3O. The molecule has 1 aliphatic heterocycles. The maximum atomic E-state index is 11.4. The number of hydrogen-bond donors (Lipinski definition) is 2. The van der Waals surface area contributed by atoms with E-state index in [-0.39, 0.29) is 17.9 Å². The molecule has 2 aliphatic rings. The van der Waals surface area contributed by atoms with Crippen LogP contribution in [0, 0.1) is 5.92 Å². The first-order chi connectivity index (χ1) is 5.77. The van der Waals surface area contributed by atoms with Gasteiger partial charge in [0.05, 0.1) is 12.0 Å². The van der Waals surface area contributed by atoms with Crippen LogP contribution in [-0.4, -0.2) is 17.9 Å². The Kier molecular flexibility index (Phi) is 1.75. The number of rotatable bonds is 0. The van der Waals surface area contributed by atoms with E-state index in [2.05, 4.69) is 10.3 Å². The number of carbonyl (C=O) groups excluding carboxylic acids is 1. The molecule has 1 aliphatic carbocycles. The van der Waals surface area contributed by atoms with E-state index in [1.54, 1.807) is 0 Å².